The summed E-state index contributed by atoms with van der Waals surface area (Å²) in [7, 11) is 0. The topological polar surface area (TPSA) is 54.9 Å². The van der Waals surface area contributed by atoms with Crippen LogP contribution in [0.1, 0.15) is 26.2 Å². The minimum absolute atomic E-state index is 0.194. The highest BCUT2D eigenvalue weighted by molar-refractivity contribution is 5.76. The monoisotopic (exact) mass is 232 g/mol. The van der Waals surface area contributed by atoms with Gasteiger partial charge in [0.25, 0.3) is 5.56 Å². The SMILES string of the molecule is CCCCCn1c(=O)[nH]c2ccccc2c1=O. The minimum atomic E-state index is -0.315. The summed E-state index contributed by atoms with van der Waals surface area (Å²) in [5, 5.41) is 0.573. The van der Waals surface area contributed by atoms with E-state index in [1.54, 1.807) is 24.3 Å². The van der Waals surface area contributed by atoms with Crippen molar-refractivity contribution in [2.45, 2.75) is 32.7 Å². The fourth-order valence-electron chi connectivity index (χ4n) is 1.92. The first-order valence-electron chi connectivity index (χ1n) is 5.96. The van der Waals surface area contributed by atoms with E-state index in [-0.39, 0.29) is 11.2 Å². The molecule has 0 saturated heterocycles. The molecule has 4 nitrogen and oxygen atoms in total. The lowest BCUT2D eigenvalue weighted by Crippen LogP contribution is -2.35. The smallest absolute Gasteiger partial charge is 0.307 e. The lowest BCUT2D eigenvalue weighted by Gasteiger charge is -2.05. The number of nitrogens with one attached hydrogen (secondary N) is 1. The van der Waals surface area contributed by atoms with Gasteiger partial charge in [0.1, 0.15) is 0 Å². The van der Waals surface area contributed by atoms with Crippen molar-refractivity contribution in [3.05, 3.63) is 45.1 Å². The van der Waals surface area contributed by atoms with Gasteiger partial charge in [0.05, 0.1) is 10.9 Å². The first-order chi connectivity index (χ1) is 8.24. The van der Waals surface area contributed by atoms with Crippen molar-refractivity contribution >= 4 is 10.9 Å². The molecule has 1 aromatic heterocycles. The summed E-state index contributed by atoms with van der Waals surface area (Å²) in [5.74, 6) is 0. The Morgan fingerprint density at radius 1 is 1.18 bits per heavy atom. The second kappa shape index (κ2) is 4.99. The van der Waals surface area contributed by atoms with Crippen LogP contribution in [0.4, 0.5) is 0 Å². The third kappa shape index (κ3) is 2.30. The molecule has 1 N–H and O–H groups in total. The second-order valence-corrected chi connectivity index (χ2v) is 4.14. The van der Waals surface area contributed by atoms with E-state index in [2.05, 4.69) is 11.9 Å². The maximum absolute atomic E-state index is 12.1. The first-order valence-corrected chi connectivity index (χ1v) is 5.96. The number of nitrogens with zero attached hydrogens (tertiary/aromatic N) is 1. The number of benzene rings is 1. The normalized spacial score (nSPS) is 10.9. The molecule has 0 unspecified atom stereocenters. The average Bonchev–Trinajstić information content (AvgIpc) is 2.33. The fraction of sp³-hybridized carbons (Fsp3) is 0.385. The summed E-state index contributed by atoms with van der Waals surface area (Å²) in [6.45, 7) is 2.58. The van der Waals surface area contributed by atoms with Crippen LogP contribution in [0.25, 0.3) is 10.9 Å². The van der Waals surface area contributed by atoms with Gasteiger partial charge in [-0.1, -0.05) is 31.9 Å². The zero-order chi connectivity index (χ0) is 12.3. The van der Waals surface area contributed by atoms with Crippen molar-refractivity contribution in [3.63, 3.8) is 0 Å². The Kier molecular flexibility index (Phi) is 3.42. The predicted octanol–water partition coefficient (Wildman–Crippen LogP) is 1.88. The van der Waals surface area contributed by atoms with Gasteiger partial charge in [-0.05, 0) is 18.6 Å². The van der Waals surface area contributed by atoms with Crippen LogP contribution >= 0.6 is 0 Å². The van der Waals surface area contributed by atoms with Crippen molar-refractivity contribution < 1.29 is 0 Å². The molecule has 2 rings (SSSR count). The highest BCUT2D eigenvalue weighted by atomic mass is 16.2. The van der Waals surface area contributed by atoms with Crippen LogP contribution in [0.3, 0.4) is 0 Å². The number of H-pyrrole nitrogens is 1. The van der Waals surface area contributed by atoms with Gasteiger partial charge in [-0.25, -0.2) is 4.79 Å². The zero-order valence-electron chi connectivity index (χ0n) is 9.90. The standard InChI is InChI=1S/C13H16N2O2/c1-2-3-6-9-15-12(16)10-7-4-5-8-11(10)14-13(15)17/h4-5,7-8H,2-3,6,9H2,1H3,(H,14,17). The van der Waals surface area contributed by atoms with Gasteiger partial charge in [-0.2, -0.15) is 0 Å². The Morgan fingerprint density at radius 3 is 2.71 bits per heavy atom. The molecule has 90 valence electrons. The van der Waals surface area contributed by atoms with E-state index in [9.17, 15) is 9.59 Å². The van der Waals surface area contributed by atoms with Gasteiger partial charge in [-0.3, -0.25) is 9.36 Å². The molecular weight excluding hydrogens is 216 g/mol. The molecule has 17 heavy (non-hydrogen) atoms. The van der Waals surface area contributed by atoms with Gasteiger partial charge in [0.2, 0.25) is 0 Å². The Bertz CT molecular complexity index is 625. The molecule has 2 aromatic rings. The molecule has 0 spiro atoms. The Labute approximate surface area is 98.9 Å². The number of unbranched alkanes of at least 4 members (excludes halogenated alkanes) is 2. The highest BCUT2D eigenvalue weighted by Gasteiger charge is 2.05. The van der Waals surface area contributed by atoms with Crippen molar-refractivity contribution in [1.29, 1.82) is 0 Å². The van der Waals surface area contributed by atoms with Gasteiger partial charge >= 0.3 is 5.69 Å². The van der Waals surface area contributed by atoms with Crippen LogP contribution in [0.5, 0.6) is 0 Å². The van der Waals surface area contributed by atoms with Crippen LogP contribution in [0.15, 0.2) is 33.9 Å². The fourth-order valence-corrected chi connectivity index (χ4v) is 1.92. The summed E-state index contributed by atoms with van der Waals surface area (Å²) in [5.41, 5.74) is 0.0968. The summed E-state index contributed by atoms with van der Waals surface area (Å²) < 4.78 is 1.29. The van der Waals surface area contributed by atoms with E-state index in [0.29, 0.717) is 17.4 Å². The maximum Gasteiger partial charge on any atom is 0.328 e. The number of fused-ring (bicyclic) bond motifs is 1. The van der Waals surface area contributed by atoms with E-state index < -0.39 is 0 Å². The van der Waals surface area contributed by atoms with Crippen molar-refractivity contribution in [3.8, 4) is 0 Å². The highest BCUT2D eigenvalue weighted by Crippen LogP contribution is 2.03. The largest absolute Gasteiger partial charge is 0.328 e. The summed E-state index contributed by atoms with van der Waals surface area (Å²) >= 11 is 0. The number of aromatic nitrogens is 2. The number of hydrogen-bond donors (Lipinski definition) is 1. The van der Waals surface area contributed by atoms with E-state index in [1.165, 1.54) is 4.57 Å². The van der Waals surface area contributed by atoms with Crippen LogP contribution in [0.2, 0.25) is 0 Å². The molecule has 0 aliphatic heterocycles. The summed E-state index contributed by atoms with van der Waals surface area (Å²) in [6, 6.07) is 7.09. The molecule has 0 fully saturated rings. The van der Waals surface area contributed by atoms with Gasteiger partial charge < -0.3 is 4.98 Å². The van der Waals surface area contributed by atoms with Crippen LogP contribution < -0.4 is 11.2 Å². The number of rotatable bonds is 4. The molecule has 0 atom stereocenters. The van der Waals surface area contributed by atoms with E-state index in [1.807, 2.05) is 0 Å². The van der Waals surface area contributed by atoms with E-state index in [4.69, 9.17) is 0 Å². The lowest BCUT2D eigenvalue weighted by molar-refractivity contribution is 0.568. The molecule has 1 aromatic carbocycles. The van der Waals surface area contributed by atoms with E-state index >= 15 is 0 Å². The molecule has 0 aliphatic rings. The van der Waals surface area contributed by atoms with Crippen LogP contribution in [-0.4, -0.2) is 9.55 Å². The molecular formula is C13H16N2O2. The third-order valence-electron chi connectivity index (χ3n) is 2.87. The number of para-hydroxylation sites is 1. The van der Waals surface area contributed by atoms with Crippen LogP contribution in [0, 0.1) is 0 Å². The molecule has 0 saturated carbocycles. The van der Waals surface area contributed by atoms with Gasteiger partial charge in [0.15, 0.2) is 0 Å². The molecule has 0 amide bonds. The van der Waals surface area contributed by atoms with Crippen molar-refractivity contribution in [2.24, 2.45) is 0 Å². The Hall–Kier alpha value is -1.84. The first kappa shape index (κ1) is 11.6. The number of hydrogen-bond acceptors (Lipinski definition) is 2. The molecule has 0 aliphatic carbocycles. The summed E-state index contributed by atoms with van der Waals surface area (Å²) in [4.78, 5) is 26.6. The predicted molar refractivity (Wildman–Crippen MR) is 68.4 cm³/mol. The minimum Gasteiger partial charge on any atom is -0.307 e. The molecule has 0 bridgehead atoms. The molecule has 0 radical (unpaired) electrons. The second-order valence-electron chi connectivity index (χ2n) is 4.14. The summed E-state index contributed by atoms with van der Waals surface area (Å²) in [6.07, 6.45) is 2.96. The van der Waals surface area contributed by atoms with E-state index in [0.717, 1.165) is 19.3 Å². The van der Waals surface area contributed by atoms with Crippen LogP contribution in [-0.2, 0) is 6.54 Å². The molecule has 1 heterocycles. The van der Waals surface area contributed by atoms with Crippen molar-refractivity contribution in [2.75, 3.05) is 0 Å². The van der Waals surface area contributed by atoms with Crippen molar-refractivity contribution in [1.82, 2.24) is 9.55 Å². The Balaban J connectivity index is 2.49. The number of aromatic amines is 1. The lowest BCUT2D eigenvalue weighted by atomic mass is 10.2. The Morgan fingerprint density at radius 2 is 1.94 bits per heavy atom. The molecule has 4 heteroatoms. The quantitative estimate of drug-likeness (QED) is 0.818. The maximum atomic E-state index is 12.1. The van der Waals surface area contributed by atoms with Gasteiger partial charge in [-0.15, -0.1) is 0 Å². The van der Waals surface area contributed by atoms with Gasteiger partial charge in [0, 0.05) is 6.54 Å². The third-order valence-corrected chi connectivity index (χ3v) is 2.87. The average molecular weight is 232 g/mol. The zero-order valence-corrected chi connectivity index (χ0v) is 9.90.